The maximum absolute atomic E-state index is 14.8. The molecule has 3 aromatic rings. The molecule has 1 unspecified atom stereocenters. The Morgan fingerprint density at radius 3 is 2.18 bits per heavy atom. The molecule has 0 spiro atoms. The number of pyridine rings is 1. The average molecular weight is 494 g/mol. The van der Waals surface area contributed by atoms with Gasteiger partial charge in [0.2, 0.25) is 0 Å². The topological polar surface area (TPSA) is 117 Å². The van der Waals surface area contributed by atoms with E-state index in [1.807, 2.05) is 0 Å². The number of aryl methyl sites for hydroxylation is 1. The van der Waals surface area contributed by atoms with E-state index in [1.165, 1.54) is 13.0 Å². The lowest BCUT2D eigenvalue weighted by atomic mass is 10.0. The monoisotopic (exact) mass is 494 g/mol. The summed E-state index contributed by atoms with van der Waals surface area (Å²) in [5.74, 6) is -3.26. The minimum absolute atomic E-state index is 0.0220. The van der Waals surface area contributed by atoms with Crippen LogP contribution in [-0.4, -0.2) is 48.8 Å². The highest BCUT2D eigenvalue weighted by atomic mass is 32.2. The van der Waals surface area contributed by atoms with Crippen LogP contribution in [0.15, 0.2) is 59.6 Å². The fourth-order valence-electron chi connectivity index (χ4n) is 3.35. The standard InChI is InChI=1S/C23H21F3N2O5S/c1-13-8-21(23(31)28-16(11-29)12-30)27-10-19(13)22(18-9-15(25)4-7-20(18)26)34(32,33)17-5-2-14(24)3-6-17/h2-10,16,22,29-30H,11-12H2,1H3,(H,28,31). The van der Waals surface area contributed by atoms with E-state index in [2.05, 4.69) is 10.3 Å². The molecule has 1 amide bonds. The molecule has 2 aromatic carbocycles. The molecule has 3 rings (SSSR count). The van der Waals surface area contributed by atoms with Crippen molar-refractivity contribution >= 4 is 15.7 Å². The first-order valence-corrected chi connectivity index (χ1v) is 11.6. The summed E-state index contributed by atoms with van der Waals surface area (Å²) in [6.07, 6.45) is 1.06. The quantitative estimate of drug-likeness (QED) is 0.415. The average Bonchev–Trinajstić information content (AvgIpc) is 2.80. The molecule has 3 N–H and O–H groups in total. The second kappa shape index (κ2) is 10.3. The number of rotatable bonds is 8. The van der Waals surface area contributed by atoms with E-state index in [-0.39, 0.29) is 21.7 Å². The maximum atomic E-state index is 14.8. The molecule has 0 saturated heterocycles. The Kier molecular flexibility index (Phi) is 7.70. The van der Waals surface area contributed by atoms with Crippen LogP contribution in [0.5, 0.6) is 0 Å². The summed E-state index contributed by atoms with van der Waals surface area (Å²) in [7, 11) is -4.43. The number of nitrogens with zero attached hydrogens (tertiary/aromatic N) is 1. The summed E-state index contributed by atoms with van der Waals surface area (Å²) in [6.45, 7) is 0.431. The minimum Gasteiger partial charge on any atom is -0.394 e. The van der Waals surface area contributed by atoms with Crippen LogP contribution < -0.4 is 5.32 Å². The summed E-state index contributed by atoms with van der Waals surface area (Å²) in [4.78, 5) is 16.0. The number of carbonyl (C=O) groups is 1. The van der Waals surface area contributed by atoms with Crippen LogP contribution in [0, 0.1) is 24.4 Å². The second-order valence-electron chi connectivity index (χ2n) is 7.51. The molecule has 0 radical (unpaired) electrons. The Bertz CT molecular complexity index is 1300. The van der Waals surface area contributed by atoms with Crippen molar-refractivity contribution in [3.05, 3.63) is 94.6 Å². The molecule has 180 valence electrons. The molecule has 1 heterocycles. The lowest BCUT2D eigenvalue weighted by Crippen LogP contribution is -2.40. The number of aliphatic hydroxyl groups excluding tert-OH is 2. The molecular formula is C23H21F3N2O5S. The van der Waals surface area contributed by atoms with Gasteiger partial charge in [-0.15, -0.1) is 0 Å². The zero-order valence-corrected chi connectivity index (χ0v) is 18.7. The third kappa shape index (κ3) is 5.27. The van der Waals surface area contributed by atoms with Crippen molar-refractivity contribution in [2.24, 2.45) is 0 Å². The molecule has 0 bridgehead atoms. The number of halogens is 3. The Labute approximate surface area is 193 Å². The van der Waals surface area contributed by atoms with E-state index in [4.69, 9.17) is 10.2 Å². The fraction of sp³-hybridized carbons (Fsp3) is 0.217. The molecule has 1 aromatic heterocycles. The zero-order chi connectivity index (χ0) is 25.0. The molecule has 34 heavy (non-hydrogen) atoms. The van der Waals surface area contributed by atoms with Gasteiger partial charge in [-0.1, -0.05) is 0 Å². The highest BCUT2D eigenvalue weighted by Crippen LogP contribution is 2.38. The van der Waals surface area contributed by atoms with E-state index in [1.54, 1.807) is 0 Å². The maximum Gasteiger partial charge on any atom is 0.270 e. The smallest absolute Gasteiger partial charge is 0.270 e. The van der Waals surface area contributed by atoms with Crippen molar-refractivity contribution in [3.63, 3.8) is 0 Å². The molecule has 0 aliphatic carbocycles. The lowest BCUT2D eigenvalue weighted by molar-refractivity contribution is 0.0874. The SMILES string of the molecule is Cc1cc(C(=O)NC(CO)CO)ncc1C(c1cc(F)ccc1F)S(=O)(=O)c1ccc(F)cc1. The zero-order valence-electron chi connectivity index (χ0n) is 17.9. The molecule has 11 heteroatoms. The number of amides is 1. The molecule has 0 saturated carbocycles. The number of hydrogen-bond acceptors (Lipinski definition) is 6. The van der Waals surface area contributed by atoms with E-state index in [0.29, 0.717) is 0 Å². The van der Waals surface area contributed by atoms with Crippen molar-refractivity contribution < 1.29 is 36.6 Å². The number of hydrogen-bond donors (Lipinski definition) is 3. The molecular weight excluding hydrogens is 473 g/mol. The first kappa shape index (κ1) is 25.3. The van der Waals surface area contributed by atoms with Gasteiger partial charge in [0.1, 0.15) is 28.4 Å². The third-order valence-electron chi connectivity index (χ3n) is 5.14. The highest BCUT2D eigenvalue weighted by Gasteiger charge is 2.35. The lowest BCUT2D eigenvalue weighted by Gasteiger charge is -2.21. The number of aliphatic hydroxyl groups is 2. The van der Waals surface area contributed by atoms with Gasteiger partial charge in [-0.3, -0.25) is 9.78 Å². The normalized spacial score (nSPS) is 12.6. The van der Waals surface area contributed by atoms with E-state index < -0.39 is 63.3 Å². The first-order chi connectivity index (χ1) is 16.1. The molecule has 0 aliphatic heterocycles. The number of benzene rings is 2. The van der Waals surface area contributed by atoms with Crippen molar-refractivity contribution in [1.29, 1.82) is 0 Å². The van der Waals surface area contributed by atoms with Crippen LogP contribution in [0.25, 0.3) is 0 Å². The van der Waals surface area contributed by atoms with Gasteiger partial charge in [0.05, 0.1) is 24.2 Å². The van der Waals surface area contributed by atoms with E-state index >= 15 is 0 Å². The van der Waals surface area contributed by atoms with Crippen molar-refractivity contribution in [3.8, 4) is 0 Å². The summed E-state index contributed by atoms with van der Waals surface area (Å²) in [6, 6.07) is 6.63. The van der Waals surface area contributed by atoms with E-state index in [9.17, 15) is 26.4 Å². The van der Waals surface area contributed by atoms with Gasteiger partial charge in [-0.25, -0.2) is 21.6 Å². The summed E-state index contributed by atoms with van der Waals surface area (Å²) in [5, 5.41) is 18.9. The Morgan fingerprint density at radius 1 is 0.971 bits per heavy atom. The highest BCUT2D eigenvalue weighted by molar-refractivity contribution is 7.92. The largest absolute Gasteiger partial charge is 0.394 e. The number of nitrogens with one attached hydrogen (secondary N) is 1. The van der Waals surface area contributed by atoms with Crippen LogP contribution in [0.3, 0.4) is 0 Å². The van der Waals surface area contributed by atoms with Crippen LogP contribution in [-0.2, 0) is 9.84 Å². The van der Waals surface area contributed by atoms with Crippen molar-refractivity contribution in [2.75, 3.05) is 13.2 Å². The fourth-order valence-corrected chi connectivity index (χ4v) is 5.23. The molecule has 0 aliphatic rings. The molecule has 7 nitrogen and oxygen atoms in total. The summed E-state index contributed by atoms with van der Waals surface area (Å²) in [5.41, 5.74) is -0.423. The predicted octanol–water partition coefficient (Wildman–Crippen LogP) is 2.45. The third-order valence-corrected chi connectivity index (χ3v) is 7.19. The molecule has 1 atom stereocenters. The number of carbonyl (C=O) groups excluding carboxylic acids is 1. The van der Waals surface area contributed by atoms with Crippen molar-refractivity contribution in [2.45, 2.75) is 23.1 Å². The Morgan fingerprint density at radius 2 is 1.59 bits per heavy atom. The van der Waals surface area contributed by atoms with Crippen LogP contribution in [0.2, 0.25) is 0 Å². The minimum atomic E-state index is -4.43. The van der Waals surface area contributed by atoms with Gasteiger partial charge in [-0.05, 0) is 66.6 Å². The Balaban J connectivity index is 2.15. The van der Waals surface area contributed by atoms with Gasteiger partial charge in [0.15, 0.2) is 9.84 Å². The van der Waals surface area contributed by atoms with E-state index in [0.717, 1.165) is 48.7 Å². The van der Waals surface area contributed by atoms with Gasteiger partial charge < -0.3 is 15.5 Å². The Hall–Kier alpha value is -3.28. The van der Waals surface area contributed by atoms with Gasteiger partial charge >= 0.3 is 0 Å². The predicted molar refractivity (Wildman–Crippen MR) is 116 cm³/mol. The van der Waals surface area contributed by atoms with Gasteiger partial charge in [-0.2, -0.15) is 0 Å². The molecule has 0 fully saturated rings. The van der Waals surface area contributed by atoms with Crippen molar-refractivity contribution in [1.82, 2.24) is 10.3 Å². The van der Waals surface area contributed by atoms with Crippen LogP contribution in [0.1, 0.15) is 32.4 Å². The summed E-state index contributed by atoms with van der Waals surface area (Å²) >= 11 is 0. The van der Waals surface area contributed by atoms with Crippen LogP contribution >= 0.6 is 0 Å². The van der Waals surface area contributed by atoms with Gasteiger partial charge in [0.25, 0.3) is 5.91 Å². The first-order valence-electron chi connectivity index (χ1n) is 10.0. The number of sulfone groups is 1. The number of aromatic nitrogens is 1. The van der Waals surface area contributed by atoms with Gasteiger partial charge in [0, 0.05) is 11.8 Å². The second-order valence-corrected chi connectivity index (χ2v) is 9.54. The van der Waals surface area contributed by atoms with Crippen LogP contribution in [0.4, 0.5) is 13.2 Å². The summed E-state index contributed by atoms with van der Waals surface area (Å²) < 4.78 is 69.2.